The van der Waals surface area contributed by atoms with Crippen molar-refractivity contribution in [2.24, 2.45) is 11.7 Å². The Bertz CT molecular complexity index is 205. The van der Waals surface area contributed by atoms with Crippen LogP contribution in [0.3, 0.4) is 0 Å². The van der Waals surface area contributed by atoms with E-state index in [4.69, 9.17) is 5.73 Å². The molecule has 0 heterocycles. The van der Waals surface area contributed by atoms with Crippen LogP contribution in [0.2, 0.25) is 0 Å². The molecule has 0 saturated heterocycles. The van der Waals surface area contributed by atoms with E-state index in [1.54, 1.807) is 11.8 Å². The fourth-order valence-corrected chi connectivity index (χ4v) is 2.04. The van der Waals surface area contributed by atoms with Gasteiger partial charge in [0.05, 0.1) is 6.04 Å². The van der Waals surface area contributed by atoms with Crippen LogP contribution in [0.25, 0.3) is 0 Å². The molecular formula is C12H27ClN2OS. The molecule has 0 rings (SSSR count). The third kappa shape index (κ3) is 9.74. The summed E-state index contributed by atoms with van der Waals surface area (Å²) in [5.41, 5.74) is 5.79. The number of nitrogens with one attached hydrogen (secondary N) is 1. The summed E-state index contributed by atoms with van der Waals surface area (Å²) in [6, 6.07) is -0.130. The van der Waals surface area contributed by atoms with Gasteiger partial charge in [-0.1, -0.05) is 20.3 Å². The zero-order valence-electron chi connectivity index (χ0n) is 11.4. The predicted octanol–water partition coefficient (Wildman–Crippen LogP) is 2.43. The van der Waals surface area contributed by atoms with Crippen LogP contribution >= 0.6 is 24.2 Å². The van der Waals surface area contributed by atoms with Crippen molar-refractivity contribution < 1.29 is 4.79 Å². The molecule has 2 unspecified atom stereocenters. The van der Waals surface area contributed by atoms with Crippen molar-refractivity contribution in [2.75, 3.05) is 12.0 Å². The normalized spacial score (nSPS) is 15.6. The van der Waals surface area contributed by atoms with Gasteiger partial charge < -0.3 is 11.1 Å². The summed E-state index contributed by atoms with van der Waals surface area (Å²) in [7, 11) is 0. The lowest BCUT2D eigenvalue weighted by Crippen LogP contribution is -2.45. The number of carbonyl (C=O) groups excluding carboxylic acids is 1. The first-order valence-corrected chi connectivity index (χ1v) is 7.45. The van der Waals surface area contributed by atoms with Crippen molar-refractivity contribution in [3.8, 4) is 0 Å². The molecule has 0 aliphatic heterocycles. The first-order chi connectivity index (χ1) is 7.51. The Labute approximate surface area is 116 Å². The van der Waals surface area contributed by atoms with Crippen LogP contribution in [0.15, 0.2) is 0 Å². The first-order valence-electron chi connectivity index (χ1n) is 6.06. The summed E-state index contributed by atoms with van der Waals surface area (Å²) in [5, 5.41) is 2.98. The second-order valence-corrected chi connectivity index (χ2v) is 5.53. The third-order valence-corrected chi connectivity index (χ3v) is 3.46. The van der Waals surface area contributed by atoms with Crippen molar-refractivity contribution in [2.45, 2.75) is 52.1 Å². The molecule has 3 nitrogen and oxygen atoms in total. The Balaban J connectivity index is 0. The summed E-state index contributed by atoms with van der Waals surface area (Å²) in [6.07, 6.45) is 4.95. The molecule has 0 aliphatic carbocycles. The fraction of sp³-hybridized carbons (Fsp3) is 0.917. The lowest BCUT2D eigenvalue weighted by atomic mass is 10.00. The number of halogens is 1. The number of amides is 1. The molecule has 0 aromatic carbocycles. The zero-order chi connectivity index (χ0) is 12.6. The average Bonchev–Trinajstić information content (AvgIpc) is 2.25. The van der Waals surface area contributed by atoms with Crippen molar-refractivity contribution in [3.63, 3.8) is 0 Å². The number of hydrogen-bond donors (Lipinski definition) is 2. The van der Waals surface area contributed by atoms with Gasteiger partial charge in [0.15, 0.2) is 0 Å². The quantitative estimate of drug-likeness (QED) is 0.719. The number of hydrogen-bond acceptors (Lipinski definition) is 3. The van der Waals surface area contributed by atoms with E-state index in [0.717, 1.165) is 25.0 Å². The second kappa shape index (κ2) is 11.2. The standard InChI is InChI=1S/C12H26N2OS.ClH/c1-5-9(2)8-10(3)14-12(15)11(13)6-7-16-4;/h9-11H,5-8,13H2,1-4H3,(H,14,15);1H/t9?,10?,11-;/m0./s1. The first kappa shape index (κ1) is 19.4. The van der Waals surface area contributed by atoms with Gasteiger partial charge in [-0.3, -0.25) is 4.79 Å². The van der Waals surface area contributed by atoms with E-state index in [9.17, 15) is 4.79 Å². The van der Waals surface area contributed by atoms with Crippen LogP contribution in [0.5, 0.6) is 0 Å². The second-order valence-electron chi connectivity index (χ2n) is 4.55. The van der Waals surface area contributed by atoms with Crippen molar-refractivity contribution in [1.82, 2.24) is 5.32 Å². The molecule has 104 valence electrons. The largest absolute Gasteiger partial charge is 0.352 e. The summed E-state index contributed by atoms with van der Waals surface area (Å²) < 4.78 is 0. The van der Waals surface area contributed by atoms with E-state index in [1.807, 2.05) is 13.2 Å². The van der Waals surface area contributed by atoms with Gasteiger partial charge in [-0.25, -0.2) is 0 Å². The maximum Gasteiger partial charge on any atom is 0.237 e. The molecule has 0 saturated carbocycles. The van der Waals surface area contributed by atoms with Crippen molar-refractivity contribution in [3.05, 3.63) is 0 Å². The van der Waals surface area contributed by atoms with E-state index >= 15 is 0 Å². The lowest BCUT2D eigenvalue weighted by Gasteiger charge is -2.19. The van der Waals surface area contributed by atoms with Gasteiger partial charge in [-0.2, -0.15) is 11.8 Å². The molecule has 3 N–H and O–H groups in total. The zero-order valence-corrected chi connectivity index (χ0v) is 13.0. The Hall–Kier alpha value is 0.0700. The molecule has 0 aromatic rings. The van der Waals surface area contributed by atoms with Crippen LogP contribution in [0.4, 0.5) is 0 Å². The highest BCUT2D eigenvalue weighted by molar-refractivity contribution is 7.98. The van der Waals surface area contributed by atoms with Crippen LogP contribution in [-0.2, 0) is 4.79 Å². The minimum atomic E-state index is -0.355. The average molecular weight is 283 g/mol. The van der Waals surface area contributed by atoms with Crippen molar-refractivity contribution in [1.29, 1.82) is 0 Å². The topological polar surface area (TPSA) is 55.1 Å². The molecule has 1 amide bonds. The Morgan fingerprint density at radius 1 is 1.41 bits per heavy atom. The highest BCUT2D eigenvalue weighted by Crippen LogP contribution is 2.09. The maximum atomic E-state index is 11.7. The minimum Gasteiger partial charge on any atom is -0.352 e. The van der Waals surface area contributed by atoms with Gasteiger partial charge in [0.25, 0.3) is 0 Å². The summed E-state index contributed by atoms with van der Waals surface area (Å²) in [4.78, 5) is 11.7. The van der Waals surface area contributed by atoms with Crippen LogP contribution in [0, 0.1) is 5.92 Å². The SMILES string of the molecule is CCC(C)CC(C)NC(=O)[C@@H](N)CCSC.Cl. The summed E-state index contributed by atoms with van der Waals surface area (Å²) in [6.45, 7) is 6.42. The number of nitrogens with two attached hydrogens (primary N) is 1. The molecular weight excluding hydrogens is 256 g/mol. The third-order valence-electron chi connectivity index (χ3n) is 2.81. The summed E-state index contributed by atoms with van der Waals surface area (Å²) >= 11 is 1.72. The van der Waals surface area contributed by atoms with Crippen LogP contribution < -0.4 is 11.1 Å². The Morgan fingerprint density at radius 2 is 2.00 bits per heavy atom. The van der Waals surface area contributed by atoms with E-state index < -0.39 is 0 Å². The lowest BCUT2D eigenvalue weighted by molar-refractivity contribution is -0.123. The van der Waals surface area contributed by atoms with Gasteiger partial charge in [-0.15, -0.1) is 12.4 Å². The monoisotopic (exact) mass is 282 g/mol. The number of carbonyl (C=O) groups is 1. The van der Waals surface area contributed by atoms with Gasteiger partial charge in [0, 0.05) is 6.04 Å². The molecule has 5 heteroatoms. The number of thioether (sulfide) groups is 1. The van der Waals surface area contributed by atoms with E-state index in [2.05, 4.69) is 19.2 Å². The number of rotatable bonds is 8. The van der Waals surface area contributed by atoms with E-state index in [0.29, 0.717) is 5.92 Å². The predicted molar refractivity (Wildman–Crippen MR) is 79.9 cm³/mol. The molecule has 0 aliphatic rings. The van der Waals surface area contributed by atoms with Gasteiger partial charge >= 0.3 is 0 Å². The molecule has 3 atom stereocenters. The molecule has 0 bridgehead atoms. The fourth-order valence-electron chi connectivity index (χ4n) is 1.55. The highest BCUT2D eigenvalue weighted by Gasteiger charge is 2.16. The van der Waals surface area contributed by atoms with Crippen LogP contribution in [-0.4, -0.2) is 30.0 Å². The van der Waals surface area contributed by atoms with Gasteiger partial charge in [-0.05, 0) is 37.7 Å². The summed E-state index contributed by atoms with van der Waals surface area (Å²) in [5.74, 6) is 1.58. The maximum absolute atomic E-state index is 11.7. The Morgan fingerprint density at radius 3 is 2.47 bits per heavy atom. The minimum absolute atomic E-state index is 0. The molecule has 0 radical (unpaired) electrons. The van der Waals surface area contributed by atoms with Gasteiger partial charge in [0.2, 0.25) is 5.91 Å². The molecule has 0 fully saturated rings. The van der Waals surface area contributed by atoms with Crippen molar-refractivity contribution >= 4 is 30.1 Å². The molecule has 0 aromatic heterocycles. The van der Waals surface area contributed by atoms with Gasteiger partial charge in [0.1, 0.15) is 0 Å². The molecule has 17 heavy (non-hydrogen) atoms. The Kier molecular flexibility index (Phi) is 12.8. The highest BCUT2D eigenvalue weighted by atomic mass is 35.5. The smallest absolute Gasteiger partial charge is 0.237 e. The van der Waals surface area contributed by atoms with E-state index in [-0.39, 0.29) is 30.4 Å². The van der Waals surface area contributed by atoms with E-state index in [1.165, 1.54) is 0 Å². The van der Waals surface area contributed by atoms with Crippen LogP contribution in [0.1, 0.15) is 40.0 Å². The molecule has 0 spiro atoms.